The Balaban J connectivity index is 1.35. The predicted octanol–water partition coefficient (Wildman–Crippen LogP) is 4.57. The van der Waals surface area contributed by atoms with Crippen LogP contribution in [0.3, 0.4) is 0 Å². The smallest absolute Gasteiger partial charge is 0.325 e. The van der Waals surface area contributed by atoms with Crippen LogP contribution >= 0.6 is 11.8 Å². The van der Waals surface area contributed by atoms with Crippen LogP contribution in [0.15, 0.2) is 53.4 Å². The van der Waals surface area contributed by atoms with Crippen molar-refractivity contribution in [1.29, 1.82) is 0 Å². The summed E-state index contributed by atoms with van der Waals surface area (Å²) in [5.41, 5.74) is 1.62. The Labute approximate surface area is 207 Å². The molecule has 1 atom stereocenters. The average Bonchev–Trinajstić information content (AvgIpc) is 3.13. The zero-order chi connectivity index (χ0) is 24.1. The van der Waals surface area contributed by atoms with Crippen LogP contribution in [0.5, 0.6) is 5.75 Å². The molecule has 7 heteroatoms. The second kappa shape index (κ2) is 10.8. The Hall–Kier alpha value is -2.51. The molecule has 4 rings (SSSR count). The van der Waals surface area contributed by atoms with Crippen molar-refractivity contribution in [2.24, 2.45) is 5.92 Å². The summed E-state index contributed by atoms with van der Waals surface area (Å²) in [7, 11) is 1.64. The lowest BCUT2D eigenvalue weighted by Crippen LogP contribution is -2.55. The quantitative estimate of drug-likeness (QED) is 0.420. The summed E-state index contributed by atoms with van der Waals surface area (Å²) in [6.45, 7) is 5.21. The Morgan fingerprint density at radius 3 is 2.26 bits per heavy atom. The Morgan fingerprint density at radius 1 is 1.03 bits per heavy atom. The van der Waals surface area contributed by atoms with Crippen LogP contribution in [0.2, 0.25) is 0 Å². The molecule has 1 N–H and O–H groups in total. The first-order valence-electron chi connectivity index (χ1n) is 12.1. The van der Waals surface area contributed by atoms with Crippen molar-refractivity contribution in [2.45, 2.75) is 49.6 Å². The number of nitrogens with one attached hydrogen (secondary N) is 1. The number of piperidine rings is 1. The van der Waals surface area contributed by atoms with Crippen LogP contribution in [0.25, 0.3) is 0 Å². The normalized spacial score (nSPS) is 21.7. The first kappa shape index (κ1) is 24.6. The highest BCUT2D eigenvalue weighted by Crippen LogP contribution is 2.36. The summed E-state index contributed by atoms with van der Waals surface area (Å²) in [5, 5.41) is 3.11. The molecular weight excluding hydrogens is 446 g/mol. The van der Waals surface area contributed by atoms with E-state index < -0.39 is 5.54 Å². The second-order valence-electron chi connectivity index (χ2n) is 9.21. The van der Waals surface area contributed by atoms with E-state index in [0.717, 1.165) is 43.8 Å². The van der Waals surface area contributed by atoms with Crippen molar-refractivity contribution in [3.05, 3.63) is 59.7 Å². The summed E-state index contributed by atoms with van der Waals surface area (Å²) < 4.78 is 5.21. The highest BCUT2D eigenvalue weighted by molar-refractivity contribution is 7.98. The molecule has 0 saturated carbocycles. The van der Waals surface area contributed by atoms with Gasteiger partial charge in [-0.1, -0.05) is 31.2 Å². The number of ether oxygens (including phenoxy) is 1. The fraction of sp³-hybridized carbons (Fsp3) is 0.481. The van der Waals surface area contributed by atoms with Gasteiger partial charge in [-0.05, 0) is 86.3 Å². The van der Waals surface area contributed by atoms with Gasteiger partial charge in [0.15, 0.2) is 0 Å². The lowest BCUT2D eigenvalue weighted by Gasteiger charge is -2.40. The fourth-order valence-electron chi connectivity index (χ4n) is 5.26. The van der Waals surface area contributed by atoms with Crippen LogP contribution in [-0.4, -0.2) is 60.3 Å². The standard InChI is InChI=1S/C27H35N3O3S/c1-4-27(22-14-16-29(17-15-22)19-21-7-11-24(34-3)12-8-21)25(31)30(26(32)28-27)18-13-20-5-9-23(33-2)10-6-20/h5-12,22H,4,13-19H2,1-3H3,(H,28,32). The average molecular weight is 482 g/mol. The van der Waals surface area contributed by atoms with Gasteiger partial charge in [-0.3, -0.25) is 14.6 Å². The Morgan fingerprint density at radius 2 is 1.68 bits per heavy atom. The highest BCUT2D eigenvalue weighted by Gasteiger charge is 2.54. The third-order valence-corrected chi connectivity index (χ3v) is 8.14. The Kier molecular flexibility index (Phi) is 7.84. The van der Waals surface area contributed by atoms with Gasteiger partial charge in [-0.15, -0.1) is 11.8 Å². The molecule has 2 aliphatic heterocycles. The number of hydrogen-bond acceptors (Lipinski definition) is 5. The first-order chi connectivity index (χ1) is 16.5. The van der Waals surface area contributed by atoms with E-state index in [0.29, 0.717) is 19.4 Å². The Bertz CT molecular complexity index is 987. The summed E-state index contributed by atoms with van der Waals surface area (Å²) >= 11 is 1.75. The van der Waals surface area contributed by atoms with Crippen molar-refractivity contribution in [3.8, 4) is 5.75 Å². The van der Waals surface area contributed by atoms with Gasteiger partial charge in [0.1, 0.15) is 11.3 Å². The van der Waals surface area contributed by atoms with E-state index in [1.807, 2.05) is 31.2 Å². The lowest BCUT2D eigenvalue weighted by molar-refractivity contribution is -0.134. The van der Waals surface area contributed by atoms with Crippen molar-refractivity contribution in [3.63, 3.8) is 0 Å². The van der Waals surface area contributed by atoms with E-state index in [9.17, 15) is 9.59 Å². The van der Waals surface area contributed by atoms with Crippen LogP contribution in [0.4, 0.5) is 4.79 Å². The molecule has 0 aliphatic carbocycles. The molecule has 2 fully saturated rings. The number of amides is 3. The zero-order valence-electron chi connectivity index (χ0n) is 20.4. The topological polar surface area (TPSA) is 61.9 Å². The molecule has 2 aromatic carbocycles. The number of carbonyl (C=O) groups excluding carboxylic acids is 2. The molecule has 0 spiro atoms. The van der Waals surface area contributed by atoms with Gasteiger partial charge in [0.25, 0.3) is 5.91 Å². The van der Waals surface area contributed by atoms with Crippen molar-refractivity contribution < 1.29 is 14.3 Å². The number of hydrogen-bond donors (Lipinski definition) is 1. The molecule has 2 aliphatic rings. The van der Waals surface area contributed by atoms with Gasteiger partial charge in [0.05, 0.1) is 7.11 Å². The van der Waals surface area contributed by atoms with Crippen LogP contribution in [0, 0.1) is 5.92 Å². The van der Waals surface area contributed by atoms with E-state index in [2.05, 4.69) is 40.7 Å². The zero-order valence-corrected chi connectivity index (χ0v) is 21.2. The molecule has 1 unspecified atom stereocenters. The second-order valence-corrected chi connectivity index (χ2v) is 10.1. The summed E-state index contributed by atoms with van der Waals surface area (Å²) in [6, 6.07) is 16.3. The van der Waals surface area contributed by atoms with Crippen LogP contribution < -0.4 is 10.1 Å². The number of urea groups is 1. The molecule has 0 aromatic heterocycles. The first-order valence-corrected chi connectivity index (χ1v) is 13.3. The van der Waals surface area contributed by atoms with Crippen molar-refractivity contribution in [1.82, 2.24) is 15.1 Å². The van der Waals surface area contributed by atoms with E-state index in [4.69, 9.17) is 4.74 Å². The maximum Gasteiger partial charge on any atom is 0.325 e. The lowest BCUT2D eigenvalue weighted by atomic mass is 9.75. The van der Waals surface area contributed by atoms with Gasteiger partial charge >= 0.3 is 6.03 Å². The van der Waals surface area contributed by atoms with Crippen molar-refractivity contribution in [2.75, 3.05) is 33.0 Å². The van der Waals surface area contributed by atoms with E-state index in [1.54, 1.807) is 18.9 Å². The molecule has 6 nitrogen and oxygen atoms in total. The van der Waals surface area contributed by atoms with Gasteiger partial charge < -0.3 is 10.1 Å². The fourth-order valence-corrected chi connectivity index (χ4v) is 5.67. The molecule has 2 saturated heterocycles. The molecule has 2 heterocycles. The van der Waals surface area contributed by atoms with E-state index in [1.165, 1.54) is 15.4 Å². The predicted molar refractivity (Wildman–Crippen MR) is 136 cm³/mol. The van der Waals surface area contributed by atoms with Gasteiger partial charge in [0, 0.05) is 18.0 Å². The van der Waals surface area contributed by atoms with E-state index >= 15 is 0 Å². The maximum atomic E-state index is 13.5. The molecule has 0 radical (unpaired) electrons. The van der Waals surface area contributed by atoms with Crippen molar-refractivity contribution >= 4 is 23.7 Å². The van der Waals surface area contributed by atoms with Crippen LogP contribution in [-0.2, 0) is 17.8 Å². The van der Waals surface area contributed by atoms with E-state index in [-0.39, 0.29) is 17.9 Å². The van der Waals surface area contributed by atoms with Gasteiger partial charge in [-0.25, -0.2) is 4.79 Å². The number of methoxy groups -OCH3 is 1. The number of likely N-dealkylation sites (tertiary alicyclic amines) is 1. The third-order valence-electron chi connectivity index (χ3n) is 7.39. The molecular formula is C27H35N3O3S. The van der Waals surface area contributed by atoms with Gasteiger partial charge in [-0.2, -0.15) is 0 Å². The summed E-state index contributed by atoms with van der Waals surface area (Å²) in [4.78, 5) is 31.5. The number of benzene rings is 2. The molecule has 2 aromatic rings. The largest absolute Gasteiger partial charge is 0.497 e. The molecule has 3 amide bonds. The summed E-state index contributed by atoms with van der Waals surface area (Å²) in [6.07, 6.45) is 5.17. The number of imide groups is 1. The van der Waals surface area contributed by atoms with Crippen LogP contribution in [0.1, 0.15) is 37.3 Å². The SMILES string of the molecule is CCC1(C2CCN(Cc3ccc(SC)cc3)CC2)NC(=O)N(CCc2ccc(OC)cc2)C1=O. The van der Waals surface area contributed by atoms with Gasteiger partial charge in [0.2, 0.25) is 0 Å². The summed E-state index contributed by atoms with van der Waals surface area (Å²) in [5.74, 6) is 0.904. The molecule has 182 valence electrons. The number of thioether (sulfide) groups is 1. The highest BCUT2D eigenvalue weighted by atomic mass is 32.2. The maximum absolute atomic E-state index is 13.5. The minimum absolute atomic E-state index is 0.0559. The minimum Gasteiger partial charge on any atom is -0.497 e. The number of rotatable bonds is 9. The molecule has 0 bridgehead atoms. The number of nitrogens with zero attached hydrogens (tertiary/aromatic N) is 2. The number of carbonyl (C=O) groups is 2. The monoisotopic (exact) mass is 481 g/mol. The molecule has 34 heavy (non-hydrogen) atoms. The third kappa shape index (κ3) is 5.10. The minimum atomic E-state index is -0.775.